The van der Waals surface area contributed by atoms with Crippen LogP contribution in [0.25, 0.3) is 0 Å². The van der Waals surface area contributed by atoms with Crippen molar-refractivity contribution >= 4 is 11.4 Å². The first kappa shape index (κ1) is 16.7. The minimum atomic E-state index is 0.129. The molecule has 0 amide bonds. The van der Waals surface area contributed by atoms with Crippen LogP contribution >= 0.6 is 0 Å². The van der Waals surface area contributed by atoms with Crippen molar-refractivity contribution < 1.29 is 4.74 Å². The lowest BCUT2D eigenvalue weighted by atomic mass is 10.0. The molecule has 0 bridgehead atoms. The maximum absolute atomic E-state index is 5.83. The van der Waals surface area contributed by atoms with Crippen molar-refractivity contribution in [2.75, 3.05) is 19.7 Å². The smallest absolute Gasteiger partial charge is 0.0949 e. The van der Waals surface area contributed by atoms with Gasteiger partial charge >= 0.3 is 0 Å². The second kappa shape index (κ2) is 8.09. The highest BCUT2D eigenvalue weighted by Gasteiger charge is 2.15. The molecule has 0 unspecified atom stereocenters. The van der Waals surface area contributed by atoms with E-state index < -0.39 is 0 Å². The number of hydrogen-bond donors (Lipinski definition) is 1. The van der Waals surface area contributed by atoms with Crippen molar-refractivity contribution in [3.8, 4) is 0 Å². The van der Waals surface area contributed by atoms with Crippen molar-refractivity contribution in [3.63, 3.8) is 0 Å². The average Bonchev–Trinajstić information content (AvgIpc) is 2.74. The summed E-state index contributed by atoms with van der Waals surface area (Å²) in [4.78, 5) is 4.95. The van der Waals surface area contributed by atoms with Gasteiger partial charge in [-0.1, -0.05) is 72.8 Å². The molecule has 130 valence electrons. The molecule has 0 spiro atoms. The Morgan fingerprint density at radius 2 is 1.42 bits per heavy atom. The van der Waals surface area contributed by atoms with Crippen LogP contribution in [0.1, 0.15) is 22.8 Å². The monoisotopic (exact) mass is 342 g/mol. The number of nitrogens with zero attached hydrogens (tertiary/aromatic N) is 1. The van der Waals surface area contributed by atoms with Gasteiger partial charge in [0.2, 0.25) is 0 Å². The highest BCUT2D eigenvalue weighted by atomic mass is 16.5. The molecular formula is C23H22N2O. The van der Waals surface area contributed by atoms with Gasteiger partial charge in [-0.2, -0.15) is 0 Å². The topological polar surface area (TPSA) is 33.6 Å². The molecule has 26 heavy (non-hydrogen) atoms. The molecule has 0 aliphatic carbocycles. The van der Waals surface area contributed by atoms with Crippen LogP contribution in [0.4, 0.5) is 5.69 Å². The zero-order chi connectivity index (χ0) is 17.6. The van der Waals surface area contributed by atoms with E-state index in [0.29, 0.717) is 0 Å². The zero-order valence-electron chi connectivity index (χ0n) is 14.6. The van der Waals surface area contributed by atoms with Crippen molar-refractivity contribution in [2.45, 2.75) is 6.10 Å². The van der Waals surface area contributed by atoms with Crippen molar-refractivity contribution in [3.05, 3.63) is 102 Å². The lowest BCUT2D eigenvalue weighted by molar-refractivity contribution is 0.0277. The largest absolute Gasteiger partial charge is 0.371 e. The minimum Gasteiger partial charge on any atom is -0.371 e. The third kappa shape index (κ3) is 3.90. The Kier molecular flexibility index (Phi) is 5.19. The number of hydrogen-bond acceptors (Lipinski definition) is 3. The molecule has 1 heterocycles. The van der Waals surface area contributed by atoms with Gasteiger partial charge in [0.1, 0.15) is 0 Å². The number of aliphatic imine (C=N–C) groups is 1. The first-order valence-electron chi connectivity index (χ1n) is 9.02. The summed E-state index contributed by atoms with van der Waals surface area (Å²) in [6, 6.07) is 29.0. The molecule has 3 nitrogen and oxygen atoms in total. The molecule has 1 fully saturated rings. The number of ether oxygens (including phenoxy) is 1. The Morgan fingerprint density at radius 1 is 0.808 bits per heavy atom. The van der Waals surface area contributed by atoms with Gasteiger partial charge in [0, 0.05) is 24.2 Å². The van der Waals surface area contributed by atoms with Crippen molar-refractivity contribution in [1.82, 2.24) is 5.32 Å². The minimum absolute atomic E-state index is 0.129. The predicted molar refractivity (Wildman–Crippen MR) is 106 cm³/mol. The van der Waals surface area contributed by atoms with Gasteiger partial charge in [0.05, 0.1) is 24.1 Å². The molecule has 1 aliphatic heterocycles. The molecule has 1 atom stereocenters. The molecule has 1 aliphatic rings. The van der Waals surface area contributed by atoms with Gasteiger partial charge in [0.15, 0.2) is 0 Å². The van der Waals surface area contributed by atoms with Gasteiger partial charge in [-0.05, 0) is 17.7 Å². The average molecular weight is 342 g/mol. The molecule has 0 saturated carbocycles. The van der Waals surface area contributed by atoms with Gasteiger partial charge < -0.3 is 10.1 Å². The quantitative estimate of drug-likeness (QED) is 0.708. The van der Waals surface area contributed by atoms with Crippen LogP contribution in [0.15, 0.2) is 89.9 Å². The Balaban J connectivity index is 1.66. The van der Waals surface area contributed by atoms with Crippen LogP contribution < -0.4 is 5.32 Å². The Bertz CT molecular complexity index is 810. The Hall–Kier alpha value is -2.75. The van der Waals surface area contributed by atoms with Crippen LogP contribution in [-0.2, 0) is 4.74 Å². The van der Waals surface area contributed by atoms with Crippen LogP contribution in [0, 0.1) is 0 Å². The van der Waals surface area contributed by atoms with E-state index in [9.17, 15) is 0 Å². The normalized spacial score (nSPS) is 16.8. The van der Waals surface area contributed by atoms with Crippen molar-refractivity contribution in [2.24, 2.45) is 4.99 Å². The first-order valence-corrected chi connectivity index (χ1v) is 9.02. The van der Waals surface area contributed by atoms with Crippen LogP contribution in [0.3, 0.4) is 0 Å². The molecule has 1 N–H and O–H groups in total. The fourth-order valence-electron chi connectivity index (χ4n) is 3.16. The number of benzene rings is 3. The summed E-state index contributed by atoms with van der Waals surface area (Å²) < 4.78 is 5.83. The maximum atomic E-state index is 5.83. The highest BCUT2D eigenvalue weighted by Crippen LogP contribution is 2.23. The molecule has 1 saturated heterocycles. The van der Waals surface area contributed by atoms with E-state index in [1.807, 2.05) is 36.4 Å². The molecule has 4 rings (SSSR count). The molecule has 0 radical (unpaired) electrons. The maximum Gasteiger partial charge on any atom is 0.0949 e. The predicted octanol–water partition coefficient (Wildman–Crippen LogP) is 4.52. The van der Waals surface area contributed by atoms with Crippen LogP contribution in [0.5, 0.6) is 0 Å². The Labute approximate surface area is 154 Å². The summed E-state index contributed by atoms with van der Waals surface area (Å²) in [5.74, 6) is 0. The molecule has 0 aromatic heterocycles. The Morgan fingerprint density at radius 3 is 1.96 bits per heavy atom. The highest BCUT2D eigenvalue weighted by molar-refractivity contribution is 6.13. The van der Waals surface area contributed by atoms with Gasteiger partial charge in [-0.3, -0.25) is 0 Å². The zero-order valence-corrected chi connectivity index (χ0v) is 14.6. The summed E-state index contributed by atoms with van der Waals surface area (Å²) >= 11 is 0. The van der Waals surface area contributed by atoms with Crippen LogP contribution in [-0.4, -0.2) is 25.4 Å². The second-order valence-electron chi connectivity index (χ2n) is 6.35. The van der Waals surface area contributed by atoms with Gasteiger partial charge in [-0.15, -0.1) is 0 Å². The van der Waals surface area contributed by atoms with E-state index in [1.165, 1.54) is 5.56 Å². The summed E-state index contributed by atoms with van der Waals surface area (Å²) in [5.41, 5.74) is 5.34. The van der Waals surface area contributed by atoms with Crippen LogP contribution in [0.2, 0.25) is 0 Å². The molecule has 3 heteroatoms. The fourth-order valence-corrected chi connectivity index (χ4v) is 3.16. The molecule has 3 aromatic carbocycles. The van der Waals surface area contributed by atoms with E-state index in [4.69, 9.17) is 9.73 Å². The lowest BCUT2D eigenvalue weighted by Gasteiger charge is -2.23. The molecular weight excluding hydrogens is 320 g/mol. The SMILES string of the molecule is c1ccc(C(=Nc2ccc([C@H]3CNCCO3)cc2)c2ccccc2)cc1. The number of morpholine rings is 1. The van der Waals surface area contributed by atoms with E-state index in [-0.39, 0.29) is 6.10 Å². The van der Waals surface area contributed by atoms with E-state index in [0.717, 1.165) is 42.2 Å². The standard InChI is InChI=1S/C23H22N2O/c1-3-7-19(8-4-1)23(20-9-5-2-6-10-20)25-21-13-11-18(12-14-21)22-17-24-15-16-26-22/h1-14,22,24H,15-17H2/t22-/m1/s1. The van der Waals surface area contributed by atoms with Crippen molar-refractivity contribution in [1.29, 1.82) is 0 Å². The number of nitrogens with one attached hydrogen (secondary N) is 1. The van der Waals surface area contributed by atoms with E-state index in [2.05, 4.69) is 53.8 Å². The molecule has 3 aromatic rings. The summed E-state index contributed by atoms with van der Waals surface area (Å²) in [7, 11) is 0. The first-order chi connectivity index (χ1) is 12.9. The summed E-state index contributed by atoms with van der Waals surface area (Å²) in [6.07, 6.45) is 0.129. The third-order valence-corrected chi connectivity index (χ3v) is 4.53. The summed E-state index contributed by atoms with van der Waals surface area (Å²) in [6.45, 7) is 2.55. The third-order valence-electron chi connectivity index (χ3n) is 4.53. The second-order valence-corrected chi connectivity index (χ2v) is 6.35. The summed E-state index contributed by atoms with van der Waals surface area (Å²) in [5, 5.41) is 3.37. The van der Waals surface area contributed by atoms with Gasteiger partial charge in [-0.25, -0.2) is 4.99 Å². The van der Waals surface area contributed by atoms with E-state index >= 15 is 0 Å². The van der Waals surface area contributed by atoms with E-state index in [1.54, 1.807) is 0 Å². The fraction of sp³-hybridized carbons (Fsp3) is 0.174. The lowest BCUT2D eigenvalue weighted by Crippen LogP contribution is -2.33. The number of rotatable bonds is 4. The van der Waals surface area contributed by atoms with Gasteiger partial charge in [0.25, 0.3) is 0 Å².